The highest BCUT2D eigenvalue weighted by Gasteiger charge is 2.29. The standard InChI is InChI=1S/C5H11ClNOPS/c1-2-7-3-4-8-9(7,10)5-6/h2-5H2,1H3. The van der Waals surface area contributed by atoms with Crippen molar-refractivity contribution in [2.45, 2.75) is 6.92 Å². The molecule has 1 aliphatic rings. The Morgan fingerprint density at radius 3 is 2.90 bits per heavy atom. The van der Waals surface area contributed by atoms with Gasteiger partial charge in [-0.1, -0.05) is 6.92 Å². The van der Waals surface area contributed by atoms with Crippen LogP contribution in [0.4, 0.5) is 0 Å². The van der Waals surface area contributed by atoms with Gasteiger partial charge in [0, 0.05) is 13.1 Å². The predicted octanol–water partition coefficient (Wildman–Crippen LogP) is 1.84. The molecular formula is C5H11ClNOPS. The third-order valence-electron chi connectivity index (χ3n) is 1.59. The van der Waals surface area contributed by atoms with Crippen LogP contribution in [0.25, 0.3) is 0 Å². The van der Waals surface area contributed by atoms with Gasteiger partial charge in [0.1, 0.15) is 6.42 Å². The molecule has 1 heterocycles. The third kappa shape index (κ3) is 1.54. The molecule has 0 aromatic rings. The first-order valence-electron chi connectivity index (χ1n) is 3.28. The van der Waals surface area contributed by atoms with Gasteiger partial charge in [-0.05, 0) is 11.8 Å². The maximum atomic E-state index is 5.70. The van der Waals surface area contributed by atoms with Crippen molar-refractivity contribution < 1.29 is 4.52 Å². The molecule has 2 nitrogen and oxygen atoms in total. The third-order valence-corrected chi connectivity index (χ3v) is 6.62. The van der Waals surface area contributed by atoms with Gasteiger partial charge in [-0.3, -0.25) is 4.67 Å². The molecule has 0 aromatic carbocycles. The van der Waals surface area contributed by atoms with Gasteiger partial charge >= 0.3 is 0 Å². The SMILES string of the molecule is CCN1CCOP1(=S)CCl. The second-order valence-electron chi connectivity index (χ2n) is 2.14. The minimum absolute atomic E-state index is 0.482. The van der Waals surface area contributed by atoms with Gasteiger partial charge in [-0.25, -0.2) is 0 Å². The van der Waals surface area contributed by atoms with E-state index in [-0.39, 0.29) is 0 Å². The number of hydrogen-bond acceptors (Lipinski definition) is 2. The first-order valence-corrected chi connectivity index (χ1v) is 6.67. The number of alkyl halides is 1. The smallest absolute Gasteiger partial charge is 0.146 e. The number of likely N-dealkylation sites (N-methyl/N-ethyl adjacent to an activating group) is 1. The summed E-state index contributed by atoms with van der Waals surface area (Å²) in [4.78, 5) is 0. The lowest BCUT2D eigenvalue weighted by Crippen LogP contribution is -2.15. The molecule has 5 heteroatoms. The summed E-state index contributed by atoms with van der Waals surface area (Å²) >= 11 is 11.0. The predicted molar refractivity (Wildman–Crippen MR) is 48.2 cm³/mol. The highest BCUT2D eigenvalue weighted by atomic mass is 35.5. The topological polar surface area (TPSA) is 12.5 Å². The largest absolute Gasteiger partial charge is 0.336 e. The Hall–Kier alpha value is 0.860. The van der Waals surface area contributed by atoms with E-state index in [2.05, 4.69) is 11.6 Å². The number of hydrogen-bond donors (Lipinski definition) is 0. The number of rotatable bonds is 2. The molecule has 1 fully saturated rings. The van der Waals surface area contributed by atoms with Gasteiger partial charge in [-0.15, -0.1) is 11.6 Å². The molecule has 1 rings (SSSR count). The van der Waals surface area contributed by atoms with Gasteiger partial charge in [-0.2, -0.15) is 0 Å². The quantitative estimate of drug-likeness (QED) is 0.498. The Kier molecular flexibility index (Phi) is 3.14. The number of halogens is 1. The Morgan fingerprint density at radius 2 is 2.50 bits per heavy atom. The van der Waals surface area contributed by atoms with Gasteiger partial charge in [0.15, 0.2) is 0 Å². The van der Waals surface area contributed by atoms with Crippen LogP contribution in [0, 0.1) is 0 Å². The van der Waals surface area contributed by atoms with Crippen molar-refractivity contribution in [2.24, 2.45) is 0 Å². The highest BCUT2D eigenvalue weighted by Crippen LogP contribution is 2.54. The Bertz CT molecular complexity index is 166. The molecule has 0 aliphatic carbocycles. The van der Waals surface area contributed by atoms with Crippen LogP contribution in [0.15, 0.2) is 0 Å². The van der Waals surface area contributed by atoms with Crippen LogP contribution in [-0.2, 0) is 16.3 Å². The van der Waals surface area contributed by atoms with Crippen molar-refractivity contribution in [1.82, 2.24) is 4.67 Å². The average molecular weight is 200 g/mol. The molecule has 0 spiro atoms. The molecule has 0 N–H and O–H groups in total. The Labute approximate surface area is 71.6 Å². The van der Waals surface area contributed by atoms with Crippen LogP contribution < -0.4 is 0 Å². The van der Waals surface area contributed by atoms with Gasteiger partial charge < -0.3 is 4.52 Å². The maximum absolute atomic E-state index is 5.70. The second-order valence-corrected chi connectivity index (χ2v) is 6.90. The molecule has 0 bridgehead atoms. The van der Waals surface area contributed by atoms with E-state index in [1.807, 2.05) is 0 Å². The van der Waals surface area contributed by atoms with Crippen LogP contribution >= 0.6 is 18.0 Å². The zero-order valence-corrected chi connectivity index (χ0v) is 8.38. The summed E-state index contributed by atoms with van der Waals surface area (Å²) in [6.45, 7) is 4.77. The zero-order valence-electron chi connectivity index (χ0n) is 5.92. The van der Waals surface area contributed by atoms with Crippen LogP contribution in [0.2, 0.25) is 0 Å². The molecular weight excluding hydrogens is 189 g/mol. The van der Waals surface area contributed by atoms with Gasteiger partial charge in [0.25, 0.3) is 0 Å². The van der Waals surface area contributed by atoms with E-state index in [0.29, 0.717) is 5.62 Å². The van der Waals surface area contributed by atoms with E-state index >= 15 is 0 Å². The molecule has 10 heavy (non-hydrogen) atoms. The summed E-state index contributed by atoms with van der Waals surface area (Å²) in [5.74, 6) is 0. The molecule has 1 atom stereocenters. The van der Waals surface area contributed by atoms with E-state index < -0.39 is 6.42 Å². The first kappa shape index (κ1) is 8.95. The summed E-state index contributed by atoms with van der Waals surface area (Å²) in [6, 6.07) is 0. The fourth-order valence-corrected chi connectivity index (χ4v) is 4.05. The van der Waals surface area contributed by atoms with Gasteiger partial charge in [0.05, 0.1) is 12.2 Å². The van der Waals surface area contributed by atoms with Crippen LogP contribution in [0.5, 0.6) is 0 Å². The minimum Gasteiger partial charge on any atom is -0.336 e. The lowest BCUT2D eigenvalue weighted by Gasteiger charge is -2.22. The van der Waals surface area contributed by atoms with Crippen molar-refractivity contribution in [3.8, 4) is 0 Å². The van der Waals surface area contributed by atoms with Crippen LogP contribution in [0.1, 0.15) is 6.92 Å². The molecule has 1 aliphatic heterocycles. The van der Waals surface area contributed by atoms with Crippen LogP contribution in [-0.4, -0.2) is 30.0 Å². The Morgan fingerprint density at radius 1 is 1.80 bits per heavy atom. The molecule has 1 saturated heterocycles. The first-order chi connectivity index (χ1) is 4.73. The van der Waals surface area contributed by atoms with E-state index in [1.54, 1.807) is 0 Å². The van der Waals surface area contributed by atoms with E-state index in [4.69, 9.17) is 27.9 Å². The molecule has 1 unspecified atom stereocenters. The van der Waals surface area contributed by atoms with Crippen LogP contribution in [0.3, 0.4) is 0 Å². The summed E-state index contributed by atoms with van der Waals surface area (Å²) in [6.07, 6.45) is -1.73. The zero-order chi connectivity index (χ0) is 7.61. The normalized spacial score (nSPS) is 35.0. The van der Waals surface area contributed by atoms with Crippen molar-refractivity contribution >= 4 is 29.8 Å². The summed E-state index contributed by atoms with van der Waals surface area (Å²) < 4.78 is 7.59. The molecule has 0 radical (unpaired) electrons. The van der Waals surface area contributed by atoms with Gasteiger partial charge in [0.2, 0.25) is 0 Å². The van der Waals surface area contributed by atoms with Crippen molar-refractivity contribution in [3.05, 3.63) is 0 Å². The van der Waals surface area contributed by atoms with Crippen molar-refractivity contribution in [2.75, 3.05) is 25.3 Å². The highest BCUT2D eigenvalue weighted by molar-refractivity contribution is 8.11. The summed E-state index contributed by atoms with van der Waals surface area (Å²) in [7, 11) is 0. The maximum Gasteiger partial charge on any atom is 0.146 e. The molecule has 60 valence electrons. The number of nitrogens with zero attached hydrogens (tertiary/aromatic N) is 1. The fraction of sp³-hybridized carbons (Fsp3) is 1.00. The minimum atomic E-state index is -1.73. The fourth-order valence-electron chi connectivity index (χ4n) is 1.01. The Balaban J connectivity index is 2.66. The average Bonchev–Trinajstić information content (AvgIpc) is 2.32. The molecule has 0 amide bonds. The summed E-state index contributed by atoms with van der Waals surface area (Å²) in [5.41, 5.74) is 0.482. The summed E-state index contributed by atoms with van der Waals surface area (Å²) in [5, 5.41) is 0. The van der Waals surface area contributed by atoms with E-state index in [0.717, 1.165) is 19.7 Å². The second kappa shape index (κ2) is 3.51. The lowest BCUT2D eigenvalue weighted by atomic mass is 10.6. The van der Waals surface area contributed by atoms with Crippen molar-refractivity contribution in [1.29, 1.82) is 0 Å². The van der Waals surface area contributed by atoms with Crippen molar-refractivity contribution in [3.63, 3.8) is 0 Å². The van der Waals surface area contributed by atoms with E-state index in [9.17, 15) is 0 Å². The lowest BCUT2D eigenvalue weighted by molar-refractivity contribution is 0.392. The molecule has 0 aromatic heterocycles. The molecule has 0 saturated carbocycles. The monoisotopic (exact) mass is 199 g/mol. The van der Waals surface area contributed by atoms with E-state index in [1.165, 1.54) is 0 Å².